The SMILES string of the molecule is C[C@H](Oc1cc(-c2ccn(C[C@@H](C)O)n2)nc(-c2noc3c2CCC[C@@]32CCCCC2=O)n1)[C@@H]1CCCN1C. The molecule has 4 atom stereocenters. The molecule has 39 heavy (non-hydrogen) atoms. The Labute approximate surface area is 228 Å². The Hall–Kier alpha value is -3.11. The fraction of sp³-hybridized carbons (Fsp3) is 0.621. The van der Waals surface area contributed by atoms with Gasteiger partial charge in [0.2, 0.25) is 5.88 Å². The van der Waals surface area contributed by atoms with Gasteiger partial charge in [0.05, 0.1) is 23.8 Å². The van der Waals surface area contributed by atoms with E-state index in [1.807, 2.05) is 18.3 Å². The molecule has 4 heterocycles. The van der Waals surface area contributed by atoms with Crippen molar-refractivity contribution in [3.63, 3.8) is 0 Å². The van der Waals surface area contributed by atoms with Crippen molar-refractivity contribution in [2.45, 2.75) is 102 Å². The number of hydrogen-bond acceptors (Lipinski definition) is 9. The van der Waals surface area contributed by atoms with E-state index in [1.165, 1.54) is 0 Å². The summed E-state index contributed by atoms with van der Waals surface area (Å²) in [6.07, 6.45) is 9.37. The monoisotopic (exact) mass is 534 g/mol. The van der Waals surface area contributed by atoms with Gasteiger partial charge < -0.3 is 14.4 Å². The molecule has 1 aliphatic heterocycles. The van der Waals surface area contributed by atoms with Gasteiger partial charge in [-0.25, -0.2) is 4.98 Å². The van der Waals surface area contributed by atoms with Gasteiger partial charge in [-0.05, 0) is 78.5 Å². The van der Waals surface area contributed by atoms with E-state index in [9.17, 15) is 9.90 Å². The van der Waals surface area contributed by atoms with Crippen LogP contribution >= 0.6 is 0 Å². The van der Waals surface area contributed by atoms with Crippen LogP contribution in [0.15, 0.2) is 22.9 Å². The molecular formula is C29H38N6O4. The second kappa shape index (κ2) is 10.5. The molecule has 3 aliphatic rings. The molecule has 3 aromatic heterocycles. The van der Waals surface area contributed by atoms with Crippen molar-refractivity contribution in [3.8, 4) is 28.8 Å². The maximum atomic E-state index is 13.2. The lowest BCUT2D eigenvalue weighted by Crippen LogP contribution is -2.41. The molecule has 3 aromatic rings. The van der Waals surface area contributed by atoms with Gasteiger partial charge in [0.15, 0.2) is 17.3 Å². The van der Waals surface area contributed by atoms with E-state index in [2.05, 4.69) is 29.1 Å². The maximum Gasteiger partial charge on any atom is 0.217 e. The van der Waals surface area contributed by atoms with E-state index in [1.54, 1.807) is 11.6 Å². The van der Waals surface area contributed by atoms with Crippen molar-refractivity contribution in [2.24, 2.45) is 0 Å². The number of rotatable bonds is 7. The average molecular weight is 535 g/mol. The quantitative estimate of drug-likeness (QED) is 0.480. The summed E-state index contributed by atoms with van der Waals surface area (Å²) < 4.78 is 14.1. The Morgan fingerprint density at radius 2 is 2.00 bits per heavy atom. The van der Waals surface area contributed by atoms with E-state index in [0.29, 0.717) is 53.6 Å². The van der Waals surface area contributed by atoms with Crippen molar-refractivity contribution in [1.29, 1.82) is 0 Å². The zero-order chi connectivity index (χ0) is 27.1. The van der Waals surface area contributed by atoms with Crippen LogP contribution in [0, 0.1) is 0 Å². The average Bonchev–Trinajstić information content (AvgIpc) is 3.66. The predicted molar refractivity (Wildman–Crippen MR) is 144 cm³/mol. The number of aliphatic hydroxyl groups is 1. The number of ether oxygens (including phenoxy) is 1. The summed E-state index contributed by atoms with van der Waals surface area (Å²) in [5.41, 5.74) is 2.24. The lowest BCUT2D eigenvalue weighted by Gasteiger charge is -2.36. The number of hydrogen-bond donors (Lipinski definition) is 1. The molecule has 0 unspecified atom stereocenters. The smallest absolute Gasteiger partial charge is 0.217 e. The van der Waals surface area contributed by atoms with Gasteiger partial charge in [-0.2, -0.15) is 10.1 Å². The largest absolute Gasteiger partial charge is 0.473 e. The molecule has 0 aromatic carbocycles. The normalized spacial score (nSPS) is 25.1. The third kappa shape index (κ3) is 4.89. The van der Waals surface area contributed by atoms with Crippen molar-refractivity contribution >= 4 is 5.78 Å². The molecule has 1 saturated carbocycles. The van der Waals surface area contributed by atoms with Crippen LogP contribution in [0.1, 0.15) is 76.5 Å². The first-order chi connectivity index (χ1) is 18.8. The molecular weight excluding hydrogens is 496 g/mol. The van der Waals surface area contributed by atoms with Crippen molar-refractivity contribution < 1.29 is 19.2 Å². The number of nitrogens with zero attached hydrogens (tertiary/aromatic N) is 6. The molecule has 10 nitrogen and oxygen atoms in total. The summed E-state index contributed by atoms with van der Waals surface area (Å²) in [5.74, 6) is 1.87. The molecule has 2 fully saturated rings. The van der Waals surface area contributed by atoms with Crippen molar-refractivity contribution in [1.82, 2.24) is 29.8 Å². The van der Waals surface area contributed by atoms with E-state index < -0.39 is 11.5 Å². The number of likely N-dealkylation sites (tertiary alicyclic amines) is 1. The van der Waals surface area contributed by atoms with Crippen LogP contribution in [0.4, 0.5) is 0 Å². The highest BCUT2D eigenvalue weighted by atomic mass is 16.5. The highest BCUT2D eigenvalue weighted by Crippen LogP contribution is 2.47. The standard InChI is InChI=1S/C29H38N6O4/c1-18(36)17-35-15-11-21(32-35)22-16-25(38-19(2)23-9-7-14-34(23)3)31-28(30-22)26-20-8-6-13-29(27(20)39-33-26)12-5-4-10-24(29)37/h11,15-16,18-19,23,36H,4-10,12-14,17H2,1-3H3/t18-,19+,23+,29-/m1/s1. The molecule has 1 spiro atoms. The lowest BCUT2D eigenvalue weighted by atomic mass is 9.64. The lowest BCUT2D eigenvalue weighted by molar-refractivity contribution is -0.128. The maximum absolute atomic E-state index is 13.2. The van der Waals surface area contributed by atoms with Crippen LogP contribution in [0.2, 0.25) is 0 Å². The van der Waals surface area contributed by atoms with E-state index in [0.717, 1.165) is 63.5 Å². The summed E-state index contributed by atoms with van der Waals surface area (Å²) in [6, 6.07) is 4.01. The predicted octanol–water partition coefficient (Wildman–Crippen LogP) is 3.95. The van der Waals surface area contributed by atoms with Gasteiger partial charge in [-0.3, -0.25) is 14.4 Å². The fourth-order valence-corrected chi connectivity index (χ4v) is 6.76. The van der Waals surface area contributed by atoms with Gasteiger partial charge in [0.1, 0.15) is 17.6 Å². The highest BCUT2D eigenvalue weighted by Gasteiger charge is 2.48. The number of carbonyl (C=O) groups is 1. The molecule has 2 aliphatic carbocycles. The Kier molecular flexibility index (Phi) is 7.01. The number of Topliss-reactive ketones (excluding diaryl/α,β-unsaturated/α-hetero) is 1. The van der Waals surface area contributed by atoms with Gasteiger partial charge in [-0.15, -0.1) is 0 Å². The molecule has 1 N–H and O–H groups in total. The molecule has 0 bridgehead atoms. The summed E-state index contributed by atoms with van der Waals surface area (Å²) in [4.78, 5) is 25.2. The van der Waals surface area contributed by atoms with Crippen LogP contribution < -0.4 is 4.74 Å². The summed E-state index contributed by atoms with van der Waals surface area (Å²) in [6.45, 7) is 5.26. The Balaban J connectivity index is 1.40. The number of aromatic nitrogens is 5. The second-order valence-corrected chi connectivity index (χ2v) is 11.6. The third-order valence-corrected chi connectivity index (χ3v) is 8.74. The molecule has 0 amide bonds. The summed E-state index contributed by atoms with van der Waals surface area (Å²) in [7, 11) is 2.13. The Morgan fingerprint density at radius 3 is 2.77 bits per heavy atom. The molecule has 6 rings (SSSR count). The Bertz CT molecular complexity index is 1350. The summed E-state index contributed by atoms with van der Waals surface area (Å²) in [5, 5.41) is 18.9. The fourth-order valence-electron chi connectivity index (χ4n) is 6.76. The molecule has 10 heteroatoms. The van der Waals surface area contributed by atoms with Gasteiger partial charge >= 0.3 is 0 Å². The number of aliphatic hydroxyl groups excluding tert-OH is 1. The van der Waals surface area contributed by atoms with Crippen LogP contribution in [0.5, 0.6) is 5.88 Å². The van der Waals surface area contributed by atoms with E-state index >= 15 is 0 Å². The number of ketones is 1. The van der Waals surface area contributed by atoms with Crippen LogP contribution in [-0.2, 0) is 23.2 Å². The van der Waals surface area contributed by atoms with E-state index in [4.69, 9.17) is 19.2 Å². The zero-order valence-corrected chi connectivity index (χ0v) is 23.1. The minimum atomic E-state index is -0.560. The van der Waals surface area contributed by atoms with Crippen molar-refractivity contribution in [3.05, 3.63) is 29.7 Å². The molecule has 208 valence electrons. The van der Waals surface area contributed by atoms with Gasteiger partial charge in [0.25, 0.3) is 0 Å². The number of carbonyl (C=O) groups excluding carboxylic acids is 1. The summed E-state index contributed by atoms with van der Waals surface area (Å²) >= 11 is 0. The minimum Gasteiger partial charge on any atom is -0.473 e. The third-order valence-electron chi connectivity index (χ3n) is 8.74. The van der Waals surface area contributed by atoms with Crippen molar-refractivity contribution in [2.75, 3.05) is 13.6 Å². The zero-order valence-electron chi connectivity index (χ0n) is 23.1. The highest BCUT2D eigenvalue weighted by molar-refractivity contribution is 5.91. The second-order valence-electron chi connectivity index (χ2n) is 11.6. The first-order valence-corrected chi connectivity index (χ1v) is 14.3. The molecule has 0 radical (unpaired) electrons. The number of likely N-dealkylation sites (N-methyl/N-ethyl adjacent to an activating group) is 1. The minimum absolute atomic E-state index is 0.0600. The Morgan fingerprint density at radius 1 is 1.15 bits per heavy atom. The number of fused-ring (bicyclic) bond motifs is 2. The van der Waals surface area contributed by atoms with Crippen LogP contribution in [0.25, 0.3) is 22.9 Å². The van der Waals surface area contributed by atoms with E-state index in [-0.39, 0.29) is 11.9 Å². The van der Waals surface area contributed by atoms with Crippen LogP contribution in [-0.4, -0.2) is 72.5 Å². The van der Waals surface area contributed by atoms with Gasteiger partial charge in [0, 0.05) is 30.3 Å². The first kappa shape index (κ1) is 26.1. The van der Waals surface area contributed by atoms with Crippen LogP contribution in [0.3, 0.4) is 0 Å². The first-order valence-electron chi connectivity index (χ1n) is 14.3. The molecule has 1 saturated heterocycles. The van der Waals surface area contributed by atoms with Gasteiger partial charge in [-0.1, -0.05) is 11.6 Å². The topological polar surface area (TPSA) is 119 Å².